The molecule has 0 saturated heterocycles. The van der Waals surface area contributed by atoms with E-state index in [2.05, 4.69) is 26.1 Å². The number of carboxylic acids is 1. The zero-order valence-electron chi connectivity index (χ0n) is 14.8. The van der Waals surface area contributed by atoms with Gasteiger partial charge in [-0.1, -0.05) is 39.3 Å². The zero-order valence-corrected chi connectivity index (χ0v) is 14.8. The molecule has 1 aliphatic rings. The topological polar surface area (TPSA) is 75.6 Å². The van der Waals surface area contributed by atoms with Crippen LogP contribution in [-0.4, -0.2) is 29.1 Å². The average molecular weight is 333 g/mol. The Morgan fingerprint density at radius 2 is 1.83 bits per heavy atom. The third-order valence-electron chi connectivity index (χ3n) is 4.56. The quantitative estimate of drug-likeness (QED) is 0.868. The monoisotopic (exact) mass is 333 g/mol. The highest BCUT2D eigenvalue weighted by Crippen LogP contribution is 2.27. The SMILES string of the molecule is CC(Oc1ccc(C(C)(C)C)cc1)C(=O)N[C@@H]1CCC[C@@H]1C(=O)O. The van der Waals surface area contributed by atoms with Crippen molar-refractivity contribution in [2.24, 2.45) is 5.92 Å². The van der Waals surface area contributed by atoms with Crippen LogP contribution in [0.1, 0.15) is 52.5 Å². The first-order valence-electron chi connectivity index (χ1n) is 8.49. The van der Waals surface area contributed by atoms with Gasteiger partial charge in [0.15, 0.2) is 6.10 Å². The van der Waals surface area contributed by atoms with Crippen molar-refractivity contribution in [1.82, 2.24) is 5.32 Å². The molecule has 0 aliphatic heterocycles. The number of carbonyl (C=O) groups excluding carboxylic acids is 1. The summed E-state index contributed by atoms with van der Waals surface area (Å²) < 4.78 is 5.69. The lowest BCUT2D eigenvalue weighted by atomic mass is 9.87. The number of hydrogen-bond acceptors (Lipinski definition) is 3. The lowest BCUT2D eigenvalue weighted by molar-refractivity contribution is -0.142. The summed E-state index contributed by atoms with van der Waals surface area (Å²) in [7, 11) is 0. The summed E-state index contributed by atoms with van der Waals surface area (Å²) in [6, 6.07) is 7.42. The Morgan fingerprint density at radius 1 is 1.21 bits per heavy atom. The molecule has 1 fully saturated rings. The standard InChI is InChI=1S/C19H27NO4/c1-12(17(21)20-16-7-5-6-15(16)18(22)23)24-14-10-8-13(9-11-14)19(2,3)4/h8-12,15-16H,5-7H2,1-4H3,(H,20,21)(H,22,23)/t12?,15-,16+/m0/s1. The van der Waals surface area contributed by atoms with Gasteiger partial charge < -0.3 is 15.2 Å². The van der Waals surface area contributed by atoms with Crippen LogP contribution >= 0.6 is 0 Å². The molecule has 1 unspecified atom stereocenters. The Bertz CT molecular complexity index is 588. The molecule has 0 bridgehead atoms. The summed E-state index contributed by atoms with van der Waals surface area (Å²) in [5.74, 6) is -0.976. The van der Waals surface area contributed by atoms with Crippen LogP contribution < -0.4 is 10.1 Å². The first kappa shape index (κ1) is 18.3. The maximum atomic E-state index is 12.3. The van der Waals surface area contributed by atoms with Gasteiger partial charge in [0.2, 0.25) is 0 Å². The highest BCUT2D eigenvalue weighted by Gasteiger charge is 2.34. The molecule has 1 aliphatic carbocycles. The van der Waals surface area contributed by atoms with E-state index < -0.39 is 18.0 Å². The number of amides is 1. The molecule has 2 rings (SSSR count). The summed E-state index contributed by atoms with van der Waals surface area (Å²) in [5.41, 5.74) is 1.26. The van der Waals surface area contributed by atoms with Crippen LogP contribution in [0.2, 0.25) is 0 Å². The van der Waals surface area contributed by atoms with Gasteiger partial charge in [0.05, 0.1) is 5.92 Å². The van der Waals surface area contributed by atoms with Crippen LogP contribution in [0.4, 0.5) is 0 Å². The number of nitrogens with one attached hydrogen (secondary N) is 1. The predicted octanol–water partition coefficient (Wildman–Crippen LogP) is 3.12. The molecule has 1 aromatic carbocycles. The molecule has 132 valence electrons. The van der Waals surface area contributed by atoms with Gasteiger partial charge in [-0.3, -0.25) is 9.59 Å². The molecule has 0 heterocycles. The Labute approximate surface area is 143 Å². The van der Waals surface area contributed by atoms with Gasteiger partial charge in [-0.2, -0.15) is 0 Å². The van der Waals surface area contributed by atoms with Crippen molar-refractivity contribution in [3.8, 4) is 5.75 Å². The second kappa shape index (κ2) is 7.24. The van der Waals surface area contributed by atoms with Crippen molar-refractivity contribution >= 4 is 11.9 Å². The van der Waals surface area contributed by atoms with E-state index in [4.69, 9.17) is 4.74 Å². The lowest BCUT2D eigenvalue weighted by Gasteiger charge is -2.22. The minimum atomic E-state index is -0.843. The molecule has 0 radical (unpaired) electrons. The molecule has 1 amide bonds. The summed E-state index contributed by atoms with van der Waals surface area (Å²) in [5, 5.41) is 12.0. The number of carbonyl (C=O) groups is 2. The van der Waals surface area contributed by atoms with E-state index in [1.807, 2.05) is 24.3 Å². The predicted molar refractivity (Wildman–Crippen MR) is 92.1 cm³/mol. The van der Waals surface area contributed by atoms with Crippen molar-refractivity contribution in [2.75, 3.05) is 0 Å². The van der Waals surface area contributed by atoms with Gasteiger partial charge in [0.25, 0.3) is 5.91 Å². The van der Waals surface area contributed by atoms with Gasteiger partial charge in [-0.15, -0.1) is 0 Å². The molecule has 5 nitrogen and oxygen atoms in total. The largest absolute Gasteiger partial charge is 0.481 e. The fraction of sp³-hybridized carbons (Fsp3) is 0.579. The molecule has 1 aromatic rings. The van der Waals surface area contributed by atoms with Crippen molar-refractivity contribution < 1.29 is 19.4 Å². The van der Waals surface area contributed by atoms with E-state index in [0.29, 0.717) is 18.6 Å². The zero-order chi connectivity index (χ0) is 17.9. The van der Waals surface area contributed by atoms with Crippen LogP contribution in [0.3, 0.4) is 0 Å². The van der Waals surface area contributed by atoms with E-state index in [1.165, 1.54) is 5.56 Å². The first-order chi connectivity index (χ1) is 11.2. The second-order valence-corrected chi connectivity index (χ2v) is 7.53. The Morgan fingerprint density at radius 3 is 2.38 bits per heavy atom. The van der Waals surface area contributed by atoms with Crippen LogP contribution in [0.15, 0.2) is 24.3 Å². The van der Waals surface area contributed by atoms with E-state index in [-0.39, 0.29) is 17.4 Å². The third kappa shape index (κ3) is 4.49. The van der Waals surface area contributed by atoms with Crippen molar-refractivity contribution in [3.05, 3.63) is 29.8 Å². The Kier molecular flexibility index (Phi) is 5.52. The summed E-state index contributed by atoms with van der Waals surface area (Å²) >= 11 is 0. The van der Waals surface area contributed by atoms with Gasteiger partial charge in [-0.05, 0) is 42.9 Å². The number of hydrogen-bond donors (Lipinski definition) is 2. The van der Waals surface area contributed by atoms with E-state index >= 15 is 0 Å². The van der Waals surface area contributed by atoms with Gasteiger partial charge in [-0.25, -0.2) is 0 Å². The highest BCUT2D eigenvalue weighted by molar-refractivity contribution is 5.82. The smallest absolute Gasteiger partial charge is 0.308 e. The number of ether oxygens (including phenoxy) is 1. The molecule has 24 heavy (non-hydrogen) atoms. The molecule has 2 N–H and O–H groups in total. The van der Waals surface area contributed by atoms with Gasteiger partial charge >= 0.3 is 5.97 Å². The number of rotatable bonds is 5. The third-order valence-corrected chi connectivity index (χ3v) is 4.56. The highest BCUT2D eigenvalue weighted by atomic mass is 16.5. The minimum Gasteiger partial charge on any atom is -0.481 e. The number of carboxylic acid groups (broad SMARTS) is 1. The van der Waals surface area contributed by atoms with Crippen LogP contribution in [0.25, 0.3) is 0 Å². The van der Waals surface area contributed by atoms with Crippen LogP contribution in [0, 0.1) is 5.92 Å². The fourth-order valence-electron chi connectivity index (χ4n) is 3.02. The maximum absolute atomic E-state index is 12.3. The van der Waals surface area contributed by atoms with E-state index in [9.17, 15) is 14.7 Å². The van der Waals surface area contributed by atoms with Crippen molar-refractivity contribution in [1.29, 1.82) is 0 Å². The Hall–Kier alpha value is -2.04. The fourth-order valence-corrected chi connectivity index (χ4v) is 3.02. The second-order valence-electron chi connectivity index (χ2n) is 7.53. The molecule has 0 spiro atoms. The molecule has 0 aromatic heterocycles. The number of benzene rings is 1. The summed E-state index contributed by atoms with van der Waals surface area (Å²) in [6.07, 6.45) is 1.48. The number of aliphatic carboxylic acids is 1. The molecular weight excluding hydrogens is 306 g/mol. The lowest BCUT2D eigenvalue weighted by Crippen LogP contribution is -2.45. The van der Waals surface area contributed by atoms with Crippen LogP contribution in [0.5, 0.6) is 5.75 Å². The maximum Gasteiger partial charge on any atom is 0.308 e. The normalized spacial score (nSPS) is 22.0. The molecule has 1 saturated carbocycles. The summed E-state index contributed by atoms with van der Waals surface area (Å²) in [6.45, 7) is 8.09. The van der Waals surface area contributed by atoms with Crippen LogP contribution in [-0.2, 0) is 15.0 Å². The molecular formula is C19H27NO4. The van der Waals surface area contributed by atoms with E-state index in [0.717, 1.165) is 6.42 Å². The first-order valence-corrected chi connectivity index (χ1v) is 8.49. The van der Waals surface area contributed by atoms with E-state index in [1.54, 1.807) is 6.92 Å². The average Bonchev–Trinajstić information content (AvgIpc) is 2.95. The molecule has 5 heteroatoms. The van der Waals surface area contributed by atoms with Crippen molar-refractivity contribution in [3.63, 3.8) is 0 Å². The minimum absolute atomic E-state index is 0.0653. The van der Waals surface area contributed by atoms with Gasteiger partial charge in [0.1, 0.15) is 5.75 Å². The molecule has 3 atom stereocenters. The van der Waals surface area contributed by atoms with Crippen molar-refractivity contribution in [2.45, 2.75) is 64.5 Å². The van der Waals surface area contributed by atoms with Gasteiger partial charge in [0, 0.05) is 6.04 Å². The summed E-state index contributed by atoms with van der Waals surface area (Å²) in [4.78, 5) is 23.5. The Balaban J connectivity index is 1.93.